The molecule has 88 valence electrons. The molecule has 0 fully saturated rings. The quantitative estimate of drug-likeness (QED) is 0.801. The van der Waals surface area contributed by atoms with Crippen molar-refractivity contribution in [3.63, 3.8) is 0 Å². The zero-order valence-electron chi connectivity index (χ0n) is 9.92. The summed E-state index contributed by atoms with van der Waals surface area (Å²) in [6.07, 6.45) is 4.85. The molecule has 0 bridgehead atoms. The largest absolute Gasteiger partial charge is 0.338 e. The van der Waals surface area contributed by atoms with Gasteiger partial charge in [-0.05, 0) is 5.92 Å². The van der Waals surface area contributed by atoms with Crippen LogP contribution in [0.5, 0.6) is 0 Å². The summed E-state index contributed by atoms with van der Waals surface area (Å²) >= 11 is 0. The van der Waals surface area contributed by atoms with E-state index in [1.807, 2.05) is 13.8 Å². The van der Waals surface area contributed by atoms with E-state index in [0.29, 0.717) is 6.54 Å². The molecule has 16 heavy (non-hydrogen) atoms. The number of carbonyl (C=O) groups is 1. The lowest BCUT2D eigenvalue weighted by molar-refractivity contribution is -0.132. The van der Waals surface area contributed by atoms with Crippen LogP contribution in [0.3, 0.4) is 0 Å². The van der Waals surface area contributed by atoms with Crippen molar-refractivity contribution in [1.82, 2.24) is 14.9 Å². The third-order valence-electron chi connectivity index (χ3n) is 2.40. The van der Waals surface area contributed by atoms with Gasteiger partial charge in [-0.25, -0.2) is 0 Å². The topological polar surface area (TPSA) is 72.1 Å². The van der Waals surface area contributed by atoms with Crippen molar-refractivity contribution in [2.75, 3.05) is 7.05 Å². The van der Waals surface area contributed by atoms with Gasteiger partial charge in [-0.15, -0.1) is 0 Å². The van der Waals surface area contributed by atoms with Gasteiger partial charge in [0, 0.05) is 19.4 Å². The molecular formula is C11H18N4O. The van der Waals surface area contributed by atoms with Crippen LogP contribution in [0, 0.1) is 5.92 Å². The van der Waals surface area contributed by atoms with E-state index in [4.69, 9.17) is 5.73 Å². The van der Waals surface area contributed by atoms with Crippen LogP contribution in [-0.2, 0) is 11.3 Å². The number of amides is 1. The minimum atomic E-state index is -0.457. The van der Waals surface area contributed by atoms with Gasteiger partial charge in [-0.2, -0.15) is 0 Å². The number of hydrogen-bond acceptors (Lipinski definition) is 4. The Morgan fingerprint density at radius 2 is 2.19 bits per heavy atom. The fourth-order valence-electron chi connectivity index (χ4n) is 1.27. The third-order valence-corrected chi connectivity index (χ3v) is 2.40. The molecule has 5 heteroatoms. The molecule has 0 aliphatic carbocycles. The first kappa shape index (κ1) is 12.6. The number of rotatable bonds is 4. The summed E-state index contributed by atoms with van der Waals surface area (Å²) in [6.45, 7) is 4.30. The van der Waals surface area contributed by atoms with Crippen LogP contribution < -0.4 is 5.73 Å². The van der Waals surface area contributed by atoms with Crippen molar-refractivity contribution in [3.05, 3.63) is 24.3 Å². The number of likely N-dealkylation sites (N-methyl/N-ethyl adjacent to an activating group) is 1. The predicted octanol–water partition coefficient (Wildman–Crippen LogP) is 0.418. The Kier molecular flexibility index (Phi) is 4.37. The maximum Gasteiger partial charge on any atom is 0.239 e. The molecule has 0 spiro atoms. The van der Waals surface area contributed by atoms with E-state index in [9.17, 15) is 4.79 Å². The molecular weight excluding hydrogens is 204 g/mol. The molecule has 0 radical (unpaired) electrons. The second-order valence-electron chi connectivity index (χ2n) is 4.16. The maximum absolute atomic E-state index is 11.8. The van der Waals surface area contributed by atoms with Gasteiger partial charge in [0.15, 0.2) is 0 Å². The second-order valence-corrected chi connectivity index (χ2v) is 4.16. The zero-order valence-corrected chi connectivity index (χ0v) is 9.92. The van der Waals surface area contributed by atoms with Crippen LogP contribution in [-0.4, -0.2) is 33.9 Å². The van der Waals surface area contributed by atoms with Gasteiger partial charge < -0.3 is 10.6 Å². The van der Waals surface area contributed by atoms with E-state index >= 15 is 0 Å². The number of aromatic nitrogens is 2. The first-order valence-electron chi connectivity index (χ1n) is 5.27. The molecule has 1 aromatic heterocycles. The Labute approximate surface area is 95.7 Å². The van der Waals surface area contributed by atoms with Crippen molar-refractivity contribution in [2.24, 2.45) is 11.7 Å². The van der Waals surface area contributed by atoms with E-state index in [1.165, 1.54) is 0 Å². The molecule has 1 aromatic rings. The fourth-order valence-corrected chi connectivity index (χ4v) is 1.27. The molecule has 5 nitrogen and oxygen atoms in total. The van der Waals surface area contributed by atoms with Gasteiger partial charge in [0.05, 0.1) is 24.5 Å². The van der Waals surface area contributed by atoms with E-state index in [1.54, 1.807) is 30.5 Å². The Bertz CT molecular complexity index is 339. The van der Waals surface area contributed by atoms with Crippen molar-refractivity contribution >= 4 is 5.91 Å². The summed E-state index contributed by atoms with van der Waals surface area (Å²) < 4.78 is 0. The number of nitrogens with zero attached hydrogens (tertiary/aromatic N) is 3. The number of nitrogens with two attached hydrogens (primary N) is 1. The SMILES string of the molecule is CC(C)C(N)C(=O)N(C)Cc1cnccn1. The van der Waals surface area contributed by atoms with Crippen molar-refractivity contribution in [1.29, 1.82) is 0 Å². The van der Waals surface area contributed by atoms with Crippen LogP contribution in [0.4, 0.5) is 0 Å². The molecule has 0 aliphatic heterocycles. The lowest BCUT2D eigenvalue weighted by atomic mass is 10.0. The summed E-state index contributed by atoms with van der Waals surface area (Å²) in [5, 5.41) is 0. The van der Waals surface area contributed by atoms with Crippen molar-refractivity contribution in [3.8, 4) is 0 Å². The number of hydrogen-bond donors (Lipinski definition) is 1. The maximum atomic E-state index is 11.8. The molecule has 0 saturated heterocycles. The lowest BCUT2D eigenvalue weighted by Gasteiger charge is -2.22. The van der Waals surface area contributed by atoms with Gasteiger partial charge in [0.2, 0.25) is 5.91 Å². The molecule has 0 aromatic carbocycles. The second kappa shape index (κ2) is 5.55. The highest BCUT2D eigenvalue weighted by Gasteiger charge is 2.21. The summed E-state index contributed by atoms with van der Waals surface area (Å²) in [4.78, 5) is 21.5. The van der Waals surface area contributed by atoms with Gasteiger partial charge in [0.1, 0.15) is 0 Å². The Balaban J connectivity index is 2.59. The minimum Gasteiger partial charge on any atom is -0.338 e. The van der Waals surface area contributed by atoms with Gasteiger partial charge in [-0.1, -0.05) is 13.8 Å². The summed E-state index contributed by atoms with van der Waals surface area (Å²) in [5.74, 6) is 0.0671. The molecule has 0 saturated carbocycles. The van der Waals surface area contributed by atoms with E-state index < -0.39 is 6.04 Å². The van der Waals surface area contributed by atoms with Crippen LogP contribution in [0.1, 0.15) is 19.5 Å². The van der Waals surface area contributed by atoms with Gasteiger partial charge >= 0.3 is 0 Å². The standard InChI is InChI=1S/C11H18N4O/c1-8(2)10(12)11(16)15(3)7-9-6-13-4-5-14-9/h4-6,8,10H,7,12H2,1-3H3. The Hall–Kier alpha value is -1.49. The van der Waals surface area contributed by atoms with Crippen LogP contribution in [0.25, 0.3) is 0 Å². The molecule has 1 rings (SSSR count). The van der Waals surface area contributed by atoms with Gasteiger partial charge in [-0.3, -0.25) is 14.8 Å². The molecule has 1 amide bonds. The minimum absolute atomic E-state index is 0.0688. The molecule has 1 heterocycles. The van der Waals surface area contributed by atoms with E-state index in [0.717, 1.165) is 5.69 Å². The highest BCUT2D eigenvalue weighted by atomic mass is 16.2. The zero-order chi connectivity index (χ0) is 12.1. The molecule has 1 unspecified atom stereocenters. The molecule has 2 N–H and O–H groups in total. The Morgan fingerprint density at radius 1 is 1.50 bits per heavy atom. The average molecular weight is 222 g/mol. The molecule has 1 atom stereocenters. The average Bonchev–Trinajstić information content (AvgIpc) is 2.28. The summed E-state index contributed by atoms with van der Waals surface area (Å²) in [5.41, 5.74) is 6.55. The number of carbonyl (C=O) groups excluding carboxylic acids is 1. The van der Waals surface area contributed by atoms with Crippen molar-refractivity contribution in [2.45, 2.75) is 26.4 Å². The highest BCUT2D eigenvalue weighted by molar-refractivity contribution is 5.81. The smallest absolute Gasteiger partial charge is 0.239 e. The van der Waals surface area contributed by atoms with E-state index in [2.05, 4.69) is 9.97 Å². The monoisotopic (exact) mass is 222 g/mol. The first-order valence-corrected chi connectivity index (χ1v) is 5.27. The van der Waals surface area contributed by atoms with Crippen LogP contribution >= 0.6 is 0 Å². The van der Waals surface area contributed by atoms with Gasteiger partial charge in [0.25, 0.3) is 0 Å². The fraction of sp³-hybridized carbons (Fsp3) is 0.545. The predicted molar refractivity (Wildman–Crippen MR) is 61.3 cm³/mol. The highest BCUT2D eigenvalue weighted by Crippen LogP contribution is 2.04. The molecule has 0 aliphatic rings. The lowest BCUT2D eigenvalue weighted by Crippen LogP contribution is -2.44. The first-order chi connectivity index (χ1) is 7.52. The normalized spacial score (nSPS) is 12.6. The summed E-state index contributed by atoms with van der Waals surface area (Å²) in [6, 6.07) is -0.457. The van der Waals surface area contributed by atoms with Crippen molar-refractivity contribution < 1.29 is 4.79 Å². The van der Waals surface area contributed by atoms with E-state index in [-0.39, 0.29) is 11.8 Å². The third kappa shape index (κ3) is 3.27. The van der Waals surface area contributed by atoms with Crippen LogP contribution in [0.15, 0.2) is 18.6 Å². The summed E-state index contributed by atoms with van der Waals surface area (Å²) in [7, 11) is 1.72. The Morgan fingerprint density at radius 3 is 2.69 bits per heavy atom. The van der Waals surface area contributed by atoms with Crippen LogP contribution in [0.2, 0.25) is 0 Å².